The van der Waals surface area contributed by atoms with Gasteiger partial charge in [-0.3, -0.25) is 0 Å². The zero-order valence-electron chi connectivity index (χ0n) is 11.2. The quantitative estimate of drug-likeness (QED) is 0.409. The van der Waals surface area contributed by atoms with Crippen LogP contribution >= 0.6 is 0 Å². The summed E-state index contributed by atoms with van der Waals surface area (Å²) in [4.78, 5) is 2.63. The van der Waals surface area contributed by atoms with Crippen molar-refractivity contribution in [1.82, 2.24) is 0 Å². The smallest absolute Gasteiger partial charge is 0.169 e. The zero-order chi connectivity index (χ0) is 15.2. The van der Waals surface area contributed by atoms with Gasteiger partial charge in [0.05, 0.1) is 19.3 Å². The fraction of sp³-hybridized carbons (Fsp3) is 0.538. The van der Waals surface area contributed by atoms with E-state index in [4.69, 9.17) is 20.1 Å². The molecule has 0 spiro atoms. The summed E-state index contributed by atoms with van der Waals surface area (Å²) in [6.45, 7) is -0.295. The number of azide groups is 1. The lowest BCUT2D eigenvalue weighted by Gasteiger charge is -2.40. The standard InChI is InChI=1S/C13H17N3O5/c14-16-15-10-12(19)11(18)9(6-17)21-13(10)20-7-8-4-2-1-3-5-8/h1-5,9-13,17-19H,6-7H2. The first-order valence-corrected chi connectivity index (χ1v) is 6.49. The maximum atomic E-state index is 9.95. The van der Waals surface area contributed by atoms with Crippen molar-refractivity contribution < 1.29 is 24.8 Å². The highest BCUT2D eigenvalue weighted by Gasteiger charge is 2.44. The number of aliphatic hydroxyl groups excluding tert-OH is 3. The molecule has 8 heteroatoms. The van der Waals surface area contributed by atoms with E-state index < -0.39 is 37.3 Å². The minimum atomic E-state index is -1.37. The van der Waals surface area contributed by atoms with E-state index in [2.05, 4.69) is 10.0 Å². The molecular formula is C13H17N3O5. The number of aliphatic hydroxyl groups is 3. The fourth-order valence-corrected chi connectivity index (χ4v) is 2.14. The van der Waals surface area contributed by atoms with Crippen LogP contribution in [0.15, 0.2) is 35.4 Å². The molecule has 114 valence electrons. The van der Waals surface area contributed by atoms with Crippen molar-refractivity contribution in [2.24, 2.45) is 5.11 Å². The molecule has 1 heterocycles. The van der Waals surface area contributed by atoms with E-state index in [9.17, 15) is 10.2 Å². The molecule has 0 aromatic heterocycles. The Morgan fingerprint density at radius 1 is 1.24 bits per heavy atom. The van der Waals surface area contributed by atoms with Crippen molar-refractivity contribution >= 4 is 0 Å². The monoisotopic (exact) mass is 295 g/mol. The molecule has 8 nitrogen and oxygen atoms in total. The van der Waals surface area contributed by atoms with Crippen LogP contribution in [0.25, 0.3) is 10.4 Å². The molecule has 5 atom stereocenters. The van der Waals surface area contributed by atoms with Crippen LogP contribution in [0, 0.1) is 0 Å². The number of nitrogens with zero attached hydrogens (tertiary/aromatic N) is 3. The molecular weight excluding hydrogens is 278 g/mol. The molecule has 3 N–H and O–H groups in total. The van der Waals surface area contributed by atoms with Crippen molar-refractivity contribution in [3.63, 3.8) is 0 Å². The van der Waals surface area contributed by atoms with Gasteiger partial charge in [-0.1, -0.05) is 35.4 Å². The van der Waals surface area contributed by atoms with Gasteiger partial charge in [0.15, 0.2) is 6.29 Å². The van der Waals surface area contributed by atoms with E-state index in [-0.39, 0.29) is 6.61 Å². The van der Waals surface area contributed by atoms with Gasteiger partial charge in [0.1, 0.15) is 18.2 Å². The Balaban J connectivity index is 2.08. The van der Waals surface area contributed by atoms with Gasteiger partial charge in [-0.05, 0) is 11.1 Å². The van der Waals surface area contributed by atoms with Crippen LogP contribution in [-0.4, -0.2) is 52.6 Å². The molecule has 0 bridgehead atoms. The maximum Gasteiger partial charge on any atom is 0.169 e. The minimum absolute atomic E-state index is 0.184. The topological polar surface area (TPSA) is 128 Å². The van der Waals surface area contributed by atoms with Crippen LogP contribution in [-0.2, 0) is 16.1 Å². The van der Waals surface area contributed by atoms with Gasteiger partial charge in [0.2, 0.25) is 0 Å². The maximum absolute atomic E-state index is 9.95. The third-order valence-corrected chi connectivity index (χ3v) is 3.29. The molecule has 1 aromatic carbocycles. The molecule has 1 fully saturated rings. The second kappa shape index (κ2) is 7.37. The predicted octanol–water partition coefficient (Wildman–Crippen LogP) is 0.321. The summed E-state index contributed by atoms with van der Waals surface area (Å²) in [5.41, 5.74) is 9.43. The number of rotatable bonds is 5. The Morgan fingerprint density at radius 3 is 2.57 bits per heavy atom. The van der Waals surface area contributed by atoms with Crippen LogP contribution in [0.2, 0.25) is 0 Å². The van der Waals surface area contributed by atoms with Crippen LogP contribution in [0.5, 0.6) is 0 Å². The highest BCUT2D eigenvalue weighted by Crippen LogP contribution is 2.25. The molecule has 1 aromatic rings. The SMILES string of the molecule is [N-]=[N+]=NC1C(OCc2ccccc2)OC(CO)C(O)C1O. The van der Waals surface area contributed by atoms with Gasteiger partial charge >= 0.3 is 0 Å². The Labute approximate surface area is 121 Å². The molecule has 21 heavy (non-hydrogen) atoms. The van der Waals surface area contributed by atoms with Crippen LogP contribution in [0.4, 0.5) is 0 Å². The lowest BCUT2D eigenvalue weighted by Crippen LogP contribution is -2.58. The van der Waals surface area contributed by atoms with Gasteiger partial charge in [0, 0.05) is 4.91 Å². The summed E-state index contributed by atoms with van der Waals surface area (Å²) in [7, 11) is 0. The van der Waals surface area contributed by atoms with Gasteiger partial charge in [-0.2, -0.15) is 0 Å². The summed E-state index contributed by atoms with van der Waals surface area (Å²) < 4.78 is 10.9. The predicted molar refractivity (Wildman–Crippen MR) is 71.9 cm³/mol. The van der Waals surface area contributed by atoms with Gasteiger partial charge in [-0.25, -0.2) is 0 Å². The fourth-order valence-electron chi connectivity index (χ4n) is 2.14. The van der Waals surface area contributed by atoms with E-state index >= 15 is 0 Å². The highest BCUT2D eigenvalue weighted by molar-refractivity contribution is 5.13. The lowest BCUT2D eigenvalue weighted by atomic mass is 9.98. The first-order valence-electron chi connectivity index (χ1n) is 6.49. The van der Waals surface area contributed by atoms with E-state index in [1.165, 1.54) is 0 Å². The van der Waals surface area contributed by atoms with Crippen molar-refractivity contribution in [2.75, 3.05) is 6.61 Å². The first-order chi connectivity index (χ1) is 10.2. The summed E-state index contributed by atoms with van der Waals surface area (Å²) in [6.07, 6.45) is -4.75. The molecule has 0 aliphatic carbocycles. The Bertz CT molecular complexity index is 494. The van der Waals surface area contributed by atoms with E-state index in [0.29, 0.717) is 0 Å². The first kappa shape index (κ1) is 15.7. The molecule has 0 saturated carbocycles. The highest BCUT2D eigenvalue weighted by atomic mass is 16.7. The van der Waals surface area contributed by atoms with Gasteiger partial charge in [0.25, 0.3) is 0 Å². The van der Waals surface area contributed by atoms with Gasteiger partial charge in [-0.15, -0.1) is 0 Å². The van der Waals surface area contributed by atoms with E-state index in [1.54, 1.807) is 0 Å². The van der Waals surface area contributed by atoms with Crippen molar-refractivity contribution in [2.45, 2.75) is 37.3 Å². The van der Waals surface area contributed by atoms with Crippen molar-refractivity contribution in [3.05, 3.63) is 46.3 Å². The normalized spacial score (nSPS) is 32.4. The molecule has 1 aliphatic heterocycles. The van der Waals surface area contributed by atoms with Crippen molar-refractivity contribution in [3.8, 4) is 0 Å². The average molecular weight is 295 g/mol. The largest absolute Gasteiger partial charge is 0.394 e. The number of benzene rings is 1. The third kappa shape index (κ3) is 3.70. The zero-order valence-corrected chi connectivity index (χ0v) is 11.2. The average Bonchev–Trinajstić information content (AvgIpc) is 2.52. The third-order valence-electron chi connectivity index (χ3n) is 3.29. The van der Waals surface area contributed by atoms with Crippen molar-refractivity contribution in [1.29, 1.82) is 0 Å². The number of hydrogen-bond donors (Lipinski definition) is 3. The number of ether oxygens (including phenoxy) is 2. The minimum Gasteiger partial charge on any atom is -0.394 e. The summed E-state index contributed by atoms with van der Waals surface area (Å²) >= 11 is 0. The molecule has 2 rings (SSSR count). The molecule has 1 aliphatic rings. The van der Waals surface area contributed by atoms with Crippen LogP contribution < -0.4 is 0 Å². The summed E-state index contributed by atoms with van der Waals surface area (Å²) in [5, 5.41) is 32.3. The Hall–Kier alpha value is -1.67. The molecule has 5 unspecified atom stereocenters. The van der Waals surface area contributed by atoms with Gasteiger partial charge < -0.3 is 24.8 Å². The summed E-state index contributed by atoms with van der Waals surface area (Å²) in [5.74, 6) is 0. The molecule has 0 amide bonds. The Kier molecular flexibility index (Phi) is 5.51. The second-order valence-corrected chi connectivity index (χ2v) is 4.70. The second-order valence-electron chi connectivity index (χ2n) is 4.70. The molecule has 0 radical (unpaired) electrons. The number of hydrogen-bond acceptors (Lipinski definition) is 6. The van der Waals surface area contributed by atoms with E-state index in [0.717, 1.165) is 5.56 Å². The molecule has 1 saturated heterocycles. The van der Waals surface area contributed by atoms with Crippen LogP contribution in [0.3, 0.4) is 0 Å². The Morgan fingerprint density at radius 2 is 1.95 bits per heavy atom. The van der Waals surface area contributed by atoms with Crippen LogP contribution in [0.1, 0.15) is 5.56 Å². The van der Waals surface area contributed by atoms with E-state index in [1.807, 2.05) is 30.3 Å². The summed E-state index contributed by atoms with van der Waals surface area (Å²) in [6, 6.07) is 8.17. The lowest BCUT2D eigenvalue weighted by molar-refractivity contribution is -0.268.